The van der Waals surface area contributed by atoms with Crippen LogP contribution in [0.4, 0.5) is 10.5 Å². The Hall–Kier alpha value is -3.48. The second-order valence-electron chi connectivity index (χ2n) is 7.94. The van der Waals surface area contributed by atoms with Gasteiger partial charge in [-0.15, -0.1) is 11.3 Å². The molecule has 2 amide bonds. The number of carbonyl (C=O) groups is 2. The minimum Gasteiger partial charge on any atom is -0.453 e. The van der Waals surface area contributed by atoms with Crippen LogP contribution in [-0.4, -0.2) is 43.1 Å². The highest BCUT2D eigenvalue weighted by Crippen LogP contribution is 2.23. The monoisotopic (exact) mass is 532 g/mol. The minimum absolute atomic E-state index is 0.203. The summed E-state index contributed by atoms with van der Waals surface area (Å²) >= 11 is 1.49. The Labute approximate surface area is 214 Å². The van der Waals surface area contributed by atoms with Crippen LogP contribution in [0.25, 0.3) is 0 Å². The molecule has 4 N–H and O–H groups in total. The van der Waals surface area contributed by atoms with Crippen LogP contribution in [0.3, 0.4) is 0 Å². The maximum Gasteiger partial charge on any atom is 0.407 e. The standard InChI is InChI=1S/C24H28N4O6S2/c1-3-22-25-21(15-35-22)19(13-17-9-11-18(12-10-17)28-36(31,32)33)26-23(29)20(27-24(30)34-2)14-16-7-5-4-6-8-16/h4-12,15,19-20,28H,3,13-14H2,1-2H3,(H,26,29)(H,27,30)(H,31,32,33). The summed E-state index contributed by atoms with van der Waals surface area (Å²) < 4.78 is 37.8. The van der Waals surface area contributed by atoms with E-state index in [1.165, 1.54) is 30.6 Å². The fourth-order valence-electron chi connectivity index (χ4n) is 3.50. The normalized spacial score (nSPS) is 12.9. The van der Waals surface area contributed by atoms with E-state index in [9.17, 15) is 18.0 Å². The summed E-state index contributed by atoms with van der Waals surface area (Å²) in [5.41, 5.74) is 2.55. The van der Waals surface area contributed by atoms with E-state index in [2.05, 4.69) is 15.6 Å². The van der Waals surface area contributed by atoms with Crippen molar-refractivity contribution in [2.45, 2.75) is 38.3 Å². The lowest BCUT2D eigenvalue weighted by molar-refractivity contribution is -0.123. The lowest BCUT2D eigenvalue weighted by Crippen LogP contribution is -2.49. The Balaban J connectivity index is 1.82. The van der Waals surface area contributed by atoms with Gasteiger partial charge in [0.1, 0.15) is 6.04 Å². The van der Waals surface area contributed by atoms with E-state index in [1.54, 1.807) is 12.1 Å². The van der Waals surface area contributed by atoms with Crippen molar-refractivity contribution in [1.82, 2.24) is 15.6 Å². The highest BCUT2D eigenvalue weighted by atomic mass is 32.2. The first kappa shape index (κ1) is 27.1. The fraction of sp³-hybridized carbons (Fsp3) is 0.292. The summed E-state index contributed by atoms with van der Waals surface area (Å²) in [6, 6.07) is 14.3. The third-order valence-corrected chi connectivity index (χ3v) is 6.77. The molecule has 2 atom stereocenters. The number of methoxy groups -OCH3 is 1. The van der Waals surface area contributed by atoms with Crippen LogP contribution in [0.2, 0.25) is 0 Å². The molecule has 3 rings (SSSR count). The predicted molar refractivity (Wildman–Crippen MR) is 137 cm³/mol. The number of aromatic nitrogens is 1. The molecule has 0 fully saturated rings. The summed E-state index contributed by atoms with van der Waals surface area (Å²) in [7, 11) is -3.15. The van der Waals surface area contributed by atoms with Gasteiger partial charge in [0.15, 0.2) is 0 Å². The van der Waals surface area contributed by atoms with Crippen molar-refractivity contribution in [3.8, 4) is 0 Å². The van der Waals surface area contributed by atoms with Crippen molar-refractivity contribution in [3.05, 3.63) is 81.8 Å². The molecular weight excluding hydrogens is 504 g/mol. The van der Waals surface area contributed by atoms with E-state index < -0.39 is 34.4 Å². The molecule has 0 aliphatic rings. The number of hydrogen-bond acceptors (Lipinski definition) is 7. The molecule has 2 unspecified atom stereocenters. The van der Waals surface area contributed by atoms with Gasteiger partial charge in [-0.1, -0.05) is 49.4 Å². The van der Waals surface area contributed by atoms with Crippen molar-refractivity contribution in [2.24, 2.45) is 0 Å². The van der Waals surface area contributed by atoms with Gasteiger partial charge in [-0.05, 0) is 36.1 Å². The maximum absolute atomic E-state index is 13.3. The maximum atomic E-state index is 13.3. The highest BCUT2D eigenvalue weighted by molar-refractivity contribution is 7.87. The van der Waals surface area contributed by atoms with E-state index in [0.717, 1.165) is 22.6 Å². The van der Waals surface area contributed by atoms with Crippen LogP contribution in [0.1, 0.15) is 34.8 Å². The van der Waals surface area contributed by atoms with Crippen LogP contribution in [0.5, 0.6) is 0 Å². The Kier molecular flexibility index (Phi) is 9.39. The predicted octanol–water partition coefficient (Wildman–Crippen LogP) is 3.29. The van der Waals surface area contributed by atoms with Gasteiger partial charge in [-0.2, -0.15) is 8.42 Å². The Morgan fingerprint density at radius 3 is 2.28 bits per heavy atom. The van der Waals surface area contributed by atoms with Gasteiger partial charge in [0, 0.05) is 11.8 Å². The van der Waals surface area contributed by atoms with Gasteiger partial charge < -0.3 is 15.4 Å². The number of ether oxygens (including phenoxy) is 1. The molecule has 36 heavy (non-hydrogen) atoms. The first-order chi connectivity index (χ1) is 17.2. The quantitative estimate of drug-likeness (QED) is 0.277. The smallest absolute Gasteiger partial charge is 0.407 e. The number of nitrogens with one attached hydrogen (secondary N) is 3. The molecule has 0 bridgehead atoms. The van der Waals surface area contributed by atoms with Crippen molar-refractivity contribution in [3.63, 3.8) is 0 Å². The molecule has 1 aromatic heterocycles. The zero-order valence-electron chi connectivity index (χ0n) is 19.8. The molecule has 12 heteroatoms. The molecule has 10 nitrogen and oxygen atoms in total. The summed E-state index contributed by atoms with van der Waals surface area (Å²) in [5, 5.41) is 8.42. The van der Waals surface area contributed by atoms with Crippen LogP contribution in [0, 0.1) is 0 Å². The van der Waals surface area contributed by atoms with Crippen LogP contribution in [0.15, 0.2) is 60.0 Å². The third-order valence-electron chi connectivity index (χ3n) is 5.26. The number of thiazole rings is 1. The fourth-order valence-corrected chi connectivity index (χ4v) is 4.74. The summed E-state index contributed by atoms with van der Waals surface area (Å²) in [6.07, 6.45) is 0.663. The topological polar surface area (TPSA) is 147 Å². The number of anilines is 1. The molecular formula is C24H28N4O6S2. The summed E-state index contributed by atoms with van der Waals surface area (Å²) in [4.78, 5) is 29.9. The molecule has 0 saturated heterocycles. The van der Waals surface area contributed by atoms with Gasteiger partial charge in [0.25, 0.3) is 0 Å². The molecule has 192 valence electrons. The van der Waals surface area contributed by atoms with Gasteiger partial charge in [0.05, 0.1) is 29.5 Å². The molecule has 0 radical (unpaired) electrons. The average Bonchev–Trinajstić information content (AvgIpc) is 3.33. The molecule has 3 aromatic rings. The number of carbonyl (C=O) groups excluding carboxylic acids is 2. The number of benzene rings is 2. The van der Waals surface area contributed by atoms with Crippen LogP contribution in [-0.2, 0) is 39.1 Å². The first-order valence-electron chi connectivity index (χ1n) is 11.1. The van der Waals surface area contributed by atoms with Crippen molar-refractivity contribution < 1.29 is 27.3 Å². The molecule has 0 aliphatic heterocycles. The Morgan fingerprint density at radius 1 is 1.03 bits per heavy atom. The van der Waals surface area contributed by atoms with E-state index in [1.807, 2.05) is 47.4 Å². The second-order valence-corrected chi connectivity index (χ2v) is 10.0. The van der Waals surface area contributed by atoms with Gasteiger partial charge in [-0.25, -0.2) is 9.78 Å². The number of rotatable bonds is 11. The number of aryl methyl sites for hydroxylation is 1. The van der Waals surface area contributed by atoms with E-state index in [0.29, 0.717) is 12.1 Å². The number of amides is 2. The summed E-state index contributed by atoms with van der Waals surface area (Å²) in [5.74, 6) is -0.398. The van der Waals surface area contributed by atoms with Crippen molar-refractivity contribution >= 4 is 39.3 Å². The average molecular weight is 533 g/mol. The molecule has 0 aliphatic carbocycles. The van der Waals surface area contributed by atoms with E-state index in [4.69, 9.17) is 9.29 Å². The van der Waals surface area contributed by atoms with E-state index >= 15 is 0 Å². The Morgan fingerprint density at radius 2 is 1.69 bits per heavy atom. The molecule has 2 aromatic carbocycles. The van der Waals surface area contributed by atoms with Crippen LogP contribution >= 0.6 is 11.3 Å². The SMILES string of the molecule is CCc1nc(C(Cc2ccc(NS(=O)(=O)O)cc2)NC(=O)C(Cc2ccccc2)NC(=O)OC)cs1. The van der Waals surface area contributed by atoms with Gasteiger partial charge >= 0.3 is 16.4 Å². The number of alkyl carbamates (subject to hydrolysis) is 1. The Bertz CT molecular complexity index is 1260. The van der Waals surface area contributed by atoms with Crippen molar-refractivity contribution in [2.75, 3.05) is 11.8 Å². The van der Waals surface area contributed by atoms with E-state index in [-0.39, 0.29) is 12.1 Å². The lowest BCUT2D eigenvalue weighted by atomic mass is 10.0. The zero-order valence-corrected chi connectivity index (χ0v) is 21.4. The molecule has 1 heterocycles. The lowest BCUT2D eigenvalue weighted by Gasteiger charge is -2.23. The van der Waals surface area contributed by atoms with Gasteiger partial charge in [0.2, 0.25) is 5.91 Å². The highest BCUT2D eigenvalue weighted by Gasteiger charge is 2.26. The number of nitrogens with zero attached hydrogens (tertiary/aromatic N) is 1. The van der Waals surface area contributed by atoms with Crippen LogP contribution < -0.4 is 15.4 Å². The number of hydrogen-bond donors (Lipinski definition) is 4. The largest absolute Gasteiger partial charge is 0.453 e. The first-order valence-corrected chi connectivity index (χ1v) is 13.5. The zero-order chi connectivity index (χ0) is 26.1. The van der Waals surface area contributed by atoms with Crippen molar-refractivity contribution in [1.29, 1.82) is 0 Å². The molecule has 0 spiro atoms. The second kappa shape index (κ2) is 12.5. The third kappa shape index (κ3) is 8.33. The summed E-state index contributed by atoms with van der Waals surface area (Å²) in [6.45, 7) is 1.99. The minimum atomic E-state index is -4.38. The molecule has 0 saturated carbocycles. The van der Waals surface area contributed by atoms with Gasteiger partial charge in [-0.3, -0.25) is 14.1 Å².